The van der Waals surface area contributed by atoms with E-state index in [2.05, 4.69) is 104 Å². The summed E-state index contributed by atoms with van der Waals surface area (Å²) in [4.78, 5) is 13.3. The van der Waals surface area contributed by atoms with E-state index in [9.17, 15) is 45.6 Å². The molecule has 0 aromatic rings. The highest BCUT2D eigenvalue weighted by Crippen LogP contribution is 2.30. The maximum absolute atomic E-state index is 13.3. The fourth-order valence-corrected chi connectivity index (χ4v) is 11.7. The highest BCUT2D eigenvalue weighted by Gasteiger charge is 2.51. The average molecular weight is 1280 g/mol. The van der Waals surface area contributed by atoms with Gasteiger partial charge >= 0.3 is 0 Å². The van der Waals surface area contributed by atoms with E-state index in [0.29, 0.717) is 12.8 Å². The number of carbonyl (C=O) groups is 1. The van der Waals surface area contributed by atoms with Crippen LogP contribution in [0.4, 0.5) is 0 Å². The van der Waals surface area contributed by atoms with Crippen LogP contribution in [0.2, 0.25) is 0 Å². The number of carbonyl (C=O) groups excluding carboxylic acids is 1. The van der Waals surface area contributed by atoms with Gasteiger partial charge in [-0.3, -0.25) is 4.79 Å². The van der Waals surface area contributed by atoms with Gasteiger partial charge in [-0.1, -0.05) is 297 Å². The van der Waals surface area contributed by atoms with Gasteiger partial charge in [-0.15, -0.1) is 0 Å². The molecule has 0 bridgehead atoms. The third-order valence-corrected chi connectivity index (χ3v) is 17.5. The molecular formula is C77H135NO13. The van der Waals surface area contributed by atoms with Crippen LogP contribution in [-0.4, -0.2) is 140 Å². The molecule has 2 fully saturated rings. The SMILES string of the molecule is CC/C=C\C/C=C\C/C=C\C/C=C\C/C=C\C/C=C\CCCCCCCCCCCCCCCCCCC(=O)NC(COC1OC(CO)C(OC2OC(CO)C(O)C(O)C2O)C(O)C1O)C(O)/C=C/CC/C=C/CCCCCCCCCCCCCCCCCC. The first-order valence-corrected chi connectivity index (χ1v) is 37.0. The Bertz CT molecular complexity index is 1900. The minimum absolute atomic E-state index is 0.249. The van der Waals surface area contributed by atoms with Crippen LogP contribution in [0.3, 0.4) is 0 Å². The van der Waals surface area contributed by atoms with E-state index in [-0.39, 0.29) is 18.9 Å². The van der Waals surface area contributed by atoms with Gasteiger partial charge in [0.2, 0.25) is 5.91 Å². The molecule has 14 heteroatoms. The molecule has 0 aliphatic carbocycles. The normalized spacial score (nSPS) is 23.4. The molecular weight excluding hydrogens is 1150 g/mol. The Morgan fingerprint density at radius 3 is 1.21 bits per heavy atom. The topological polar surface area (TPSA) is 228 Å². The molecule has 0 aromatic carbocycles. The lowest BCUT2D eigenvalue weighted by atomic mass is 9.97. The van der Waals surface area contributed by atoms with Crippen LogP contribution in [0, 0.1) is 0 Å². The number of nitrogens with one attached hydrogen (secondary N) is 1. The van der Waals surface area contributed by atoms with Crippen molar-refractivity contribution in [2.45, 2.75) is 364 Å². The van der Waals surface area contributed by atoms with E-state index in [0.717, 1.165) is 70.6 Å². The average Bonchev–Trinajstić information content (AvgIpc) is 0.888. The monoisotopic (exact) mass is 1280 g/mol. The van der Waals surface area contributed by atoms with Crippen LogP contribution in [-0.2, 0) is 23.7 Å². The van der Waals surface area contributed by atoms with E-state index in [1.165, 1.54) is 186 Å². The number of aliphatic hydroxyl groups excluding tert-OH is 8. The van der Waals surface area contributed by atoms with Crippen LogP contribution in [0.15, 0.2) is 97.2 Å². The molecule has 0 radical (unpaired) electrons. The van der Waals surface area contributed by atoms with Crippen molar-refractivity contribution < 1.29 is 64.6 Å². The largest absolute Gasteiger partial charge is 0.394 e. The number of ether oxygens (including phenoxy) is 4. The predicted octanol–water partition coefficient (Wildman–Crippen LogP) is 15.7. The van der Waals surface area contributed by atoms with Gasteiger partial charge in [0.25, 0.3) is 0 Å². The van der Waals surface area contributed by atoms with Crippen molar-refractivity contribution in [3.05, 3.63) is 97.2 Å². The first-order chi connectivity index (χ1) is 44.6. The molecule has 14 nitrogen and oxygen atoms in total. The Hall–Kier alpha value is -3.09. The van der Waals surface area contributed by atoms with Crippen LogP contribution in [0.1, 0.15) is 290 Å². The van der Waals surface area contributed by atoms with E-state index in [1.54, 1.807) is 6.08 Å². The lowest BCUT2D eigenvalue weighted by Gasteiger charge is -2.46. The highest BCUT2D eigenvalue weighted by molar-refractivity contribution is 5.76. The van der Waals surface area contributed by atoms with Gasteiger partial charge in [-0.2, -0.15) is 0 Å². The fraction of sp³-hybridized carbons (Fsp3) is 0.779. The molecule has 12 unspecified atom stereocenters. The summed E-state index contributed by atoms with van der Waals surface area (Å²) in [5.74, 6) is -0.249. The molecule has 2 rings (SSSR count). The first-order valence-electron chi connectivity index (χ1n) is 37.0. The molecule has 91 heavy (non-hydrogen) atoms. The Kier molecular flexibility index (Phi) is 55.9. The third-order valence-electron chi connectivity index (χ3n) is 17.5. The fourth-order valence-electron chi connectivity index (χ4n) is 11.7. The second-order valence-corrected chi connectivity index (χ2v) is 25.7. The van der Waals surface area contributed by atoms with E-state index in [1.807, 2.05) is 6.08 Å². The van der Waals surface area contributed by atoms with Crippen molar-refractivity contribution >= 4 is 5.91 Å². The molecule has 12 atom stereocenters. The summed E-state index contributed by atoms with van der Waals surface area (Å²) in [5.41, 5.74) is 0. The summed E-state index contributed by atoms with van der Waals surface area (Å²) >= 11 is 0. The van der Waals surface area contributed by atoms with Gasteiger partial charge in [0.05, 0.1) is 32.0 Å². The van der Waals surface area contributed by atoms with Crippen molar-refractivity contribution in [3.8, 4) is 0 Å². The van der Waals surface area contributed by atoms with Crippen molar-refractivity contribution in [2.24, 2.45) is 0 Å². The zero-order chi connectivity index (χ0) is 65.9. The quantitative estimate of drug-likeness (QED) is 0.0204. The van der Waals surface area contributed by atoms with Gasteiger partial charge < -0.3 is 65.1 Å². The van der Waals surface area contributed by atoms with Crippen LogP contribution in [0.25, 0.3) is 0 Å². The number of aliphatic hydroxyl groups is 8. The summed E-state index contributed by atoms with van der Waals surface area (Å²) in [6.07, 6.45) is 69.0. The van der Waals surface area contributed by atoms with Gasteiger partial charge in [0.15, 0.2) is 12.6 Å². The standard InChI is InChI=1S/C77H135NO13/c1-3-5-7-9-11-13-15-17-19-21-23-25-27-28-29-30-31-32-33-34-35-36-37-38-39-41-43-45-47-49-51-53-55-57-59-61-69(82)78-65(64-88-76-74(87)72(85)75(68(63-80)90-76)91-77-73(86)71(84)70(83)67(62-79)89-77)66(81)60-58-56-54-52-50-48-46-44-42-40-26-24-22-20-18-16-14-12-10-8-6-4-2/h5,7,11,13,17,19,23,25,28-29,31-32,50,52,58,60,65-68,70-77,79-81,83-87H,3-4,6,8-10,12,14-16,18,20-22,24,26-27,30,33-49,51,53-57,59,61-64H2,1-2H3,(H,78,82)/b7-5-,13-11-,19-17-,25-23-,29-28-,32-31-,52-50+,60-58+. The van der Waals surface area contributed by atoms with Crippen LogP contribution < -0.4 is 5.32 Å². The van der Waals surface area contributed by atoms with E-state index >= 15 is 0 Å². The van der Waals surface area contributed by atoms with Crippen LogP contribution in [0.5, 0.6) is 0 Å². The summed E-state index contributed by atoms with van der Waals surface area (Å²) in [5, 5.41) is 87.5. The number of hydrogen-bond donors (Lipinski definition) is 9. The molecule has 2 aliphatic heterocycles. The molecule has 9 N–H and O–H groups in total. The smallest absolute Gasteiger partial charge is 0.220 e. The summed E-state index contributed by atoms with van der Waals surface area (Å²) in [6.45, 7) is 2.69. The maximum atomic E-state index is 13.3. The second-order valence-electron chi connectivity index (χ2n) is 25.7. The minimum atomic E-state index is -1.79. The summed E-state index contributed by atoms with van der Waals surface area (Å²) in [6, 6.07) is -0.937. The van der Waals surface area contributed by atoms with Gasteiger partial charge in [-0.25, -0.2) is 0 Å². The predicted molar refractivity (Wildman–Crippen MR) is 373 cm³/mol. The highest BCUT2D eigenvalue weighted by atomic mass is 16.7. The number of allylic oxidation sites excluding steroid dienone is 15. The van der Waals surface area contributed by atoms with Crippen molar-refractivity contribution in [2.75, 3.05) is 19.8 Å². The molecule has 0 spiro atoms. The van der Waals surface area contributed by atoms with E-state index in [4.69, 9.17) is 18.9 Å². The molecule has 2 heterocycles. The van der Waals surface area contributed by atoms with Crippen molar-refractivity contribution in [1.82, 2.24) is 5.32 Å². The Morgan fingerprint density at radius 1 is 0.407 bits per heavy atom. The second kappa shape index (κ2) is 60.6. The Balaban J connectivity index is 1.65. The Morgan fingerprint density at radius 2 is 0.769 bits per heavy atom. The van der Waals surface area contributed by atoms with Gasteiger partial charge in [0, 0.05) is 6.42 Å². The molecule has 0 saturated carbocycles. The van der Waals surface area contributed by atoms with Crippen molar-refractivity contribution in [1.29, 1.82) is 0 Å². The molecule has 2 saturated heterocycles. The molecule has 526 valence electrons. The lowest BCUT2D eigenvalue weighted by molar-refractivity contribution is -0.359. The zero-order valence-corrected chi connectivity index (χ0v) is 57.3. The summed E-state index contributed by atoms with van der Waals surface area (Å²) < 4.78 is 22.9. The number of hydrogen-bond acceptors (Lipinski definition) is 13. The van der Waals surface area contributed by atoms with Crippen molar-refractivity contribution in [3.63, 3.8) is 0 Å². The van der Waals surface area contributed by atoms with E-state index < -0.39 is 86.8 Å². The Labute approximate surface area is 553 Å². The van der Waals surface area contributed by atoms with Crippen LogP contribution >= 0.6 is 0 Å². The lowest BCUT2D eigenvalue weighted by Crippen LogP contribution is -2.65. The number of amides is 1. The number of unbranched alkanes of at least 4 members (excludes halogenated alkanes) is 33. The molecule has 0 aromatic heterocycles. The maximum Gasteiger partial charge on any atom is 0.220 e. The molecule has 2 aliphatic rings. The molecule has 1 amide bonds. The number of rotatable bonds is 60. The van der Waals surface area contributed by atoms with Gasteiger partial charge in [-0.05, 0) is 83.5 Å². The zero-order valence-electron chi connectivity index (χ0n) is 57.3. The first kappa shape index (κ1) is 84.0. The minimum Gasteiger partial charge on any atom is -0.394 e. The summed E-state index contributed by atoms with van der Waals surface area (Å²) in [7, 11) is 0. The van der Waals surface area contributed by atoms with Gasteiger partial charge in [0.1, 0.15) is 48.8 Å². The third kappa shape index (κ3) is 44.3.